The standard InChI is InChI=1S/C18H24N4O3/c1-13-20-18(25-21-13)15-5-3-14(4-6-15)17(24)19-9-2-10-22-11-7-16(23)8-12-22/h3-6,16,23H,2,7-12H2,1H3,(H,19,24). The molecule has 7 heteroatoms. The highest BCUT2D eigenvalue weighted by Crippen LogP contribution is 2.17. The monoisotopic (exact) mass is 344 g/mol. The van der Waals surface area contributed by atoms with Gasteiger partial charge in [-0.25, -0.2) is 0 Å². The first kappa shape index (κ1) is 17.6. The lowest BCUT2D eigenvalue weighted by Crippen LogP contribution is -2.37. The predicted molar refractivity (Wildman–Crippen MR) is 93.1 cm³/mol. The lowest BCUT2D eigenvalue weighted by atomic mass is 10.1. The molecule has 2 heterocycles. The number of piperidine rings is 1. The minimum atomic E-state index is -0.144. The fraction of sp³-hybridized carbons (Fsp3) is 0.500. The normalized spacial score (nSPS) is 16.1. The molecule has 1 aromatic carbocycles. The van der Waals surface area contributed by atoms with Crippen LogP contribution in [0.3, 0.4) is 0 Å². The van der Waals surface area contributed by atoms with E-state index in [1.165, 1.54) is 0 Å². The summed E-state index contributed by atoms with van der Waals surface area (Å²) in [6.45, 7) is 5.23. The van der Waals surface area contributed by atoms with Gasteiger partial charge in [0.1, 0.15) is 0 Å². The van der Waals surface area contributed by atoms with Crippen molar-refractivity contribution in [1.82, 2.24) is 20.4 Å². The van der Waals surface area contributed by atoms with Crippen LogP contribution in [-0.4, -0.2) is 58.3 Å². The van der Waals surface area contributed by atoms with E-state index in [2.05, 4.69) is 20.4 Å². The summed E-state index contributed by atoms with van der Waals surface area (Å²) in [5.74, 6) is 0.957. The number of carbonyl (C=O) groups excluding carboxylic acids is 1. The van der Waals surface area contributed by atoms with Crippen LogP contribution < -0.4 is 5.32 Å². The number of hydrogen-bond acceptors (Lipinski definition) is 6. The first-order chi connectivity index (χ1) is 12.1. The van der Waals surface area contributed by atoms with Crippen LogP contribution in [0, 0.1) is 6.92 Å². The Morgan fingerprint density at radius 3 is 2.68 bits per heavy atom. The average molecular weight is 344 g/mol. The molecule has 0 aliphatic carbocycles. The number of amides is 1. The zero-order chi connectivity index (χ0) is 17.6. The second-order valence-corrected chi connectivity index (χ2v) is 6.41. The van der Waals surface area contributed by atoms with Gasteiger partial charge in [0.2, 0.25) is 0 Å². The number of hydrogen-bond donors (Lipinski definition) is 2. The van der Waals surface area contributed by atoms with Crippen LogP contribution >= 0.6 is 0 Å². The number of aliphatic hydroxyl groups excluding tert-OH is 1. The summed E-state index contributed by atoms with van der Waals surface area (Å²) < 4.78 is 5.11. The van der Waals surface area contributed by atoms with E-state index in [9.17, 15) is 9.90 Å². The van der Waals surface area contributed by atoms with Crippen molar-refractivity contribution in [1.29, 1.82) is 0 Å². The highest BCUT2D eigenvalue weighted by Gasteiger charge is 2.16. The second-order valence-electron chi connectivity index (χ2n) is 6.41. The van der Waals surface area contributed by atoms with Gasteiger partial charge in [0.05, 0.1) is 6.10 Å². The number of likely N-dealkylation sites (tertiary alicyclic amines) is 1. The molecule has 1 aliphatic heterocycles. The number of carbonyl (C=O) groups is 1. The minimum absolute atomic E-state index is 0.0812. The topological polar surface area (TPSA) is 91.5 Å². The van der Waals surface area contributed by atoms with Gasteiger partial charge in [0, 0.05) is 30.8 Å². The van der Waals surface area contributed by atoms with Gasteiger partial charge in [-0.05, 0) is 57.0 Å². The smallest absolute Gasteiger partial charge is 0.257 e. The molecule has 1 aromatic heterocycles. The molecule has 2 N–H and O–H groups in total. The van der Waals surface area contributed by atoms with Crippen LogP contribution in [0.25, 0.3) is 11.5 Å². The Morgan fingerprint density at radius 1 is 1.32 bits per heavy atom. The van der Waals surface area contributed by atoms with E-state index in [0.29, 0.717) is 23.8 Å². The van der Waals surface area contributed by atoms with Gasteiger partial charge in [-0.15, -0.1) is 0 Å². The third-order valence-electron chi connectivity index (χ3n) is 4.42. The number of benzene rings is 1. The van der Waals surface area contributed by atoms with Crippen molar-refractivity contribution in [3.05, 3.63) is 35.7 Å². The predicted octanol–water partition coefficient (Wildman–Crippen LogP) is 1.62. The van der Waals surface area contributed by atoms with E-state index in [-0.39, 0.29) is 12.0 Å². The number of nitrogens with zero attached hydrogens (tertiary/aromatic N) is 3. The summed E-state index contributed by atoms with van der Waals surface area (Å²) in [7, 11) is 0. The Morgan fingerprint density at radius 2 is 2.04 bits per heavy atom. The molecule has 1 fully saturated rings. The van der Waals surface area contributed by atoms with Gasteiger partial charge in [-0.3, -0.25) is 4.79 Å². The fourth-order valence-electron chi connectivity index (χ4n) is 2.93. The Labute approximate surface area is 147 Å². The molecule has 0 radical (unpaired) electrons. The van der Waals surface area contributed by atoms with E-state index in [4.69, 9.17) is 4.52 Å². The minimum Gasteiger partial charge on any atom is -0.393 e. The molecule has 0 saturated carbocycles. The quantitative estimate of drug-likeness (QED) is 0.774. The number of rotatable bonds is 6. The maximum absolute atomic E-state index is 12.2. The van der Waals surface area contributed by atoms with Crippen LogP contribution in [0.5, 0.6) is 0 Å². The number of aliphatic hydroxyl groups is 1. The van der Waals surface area contributed by atoms with Crippen molar-refractivity contribution in [2.75, 3.05) is 26.2 Å². The molecule has 0 bridgehead atoms. The molecule has 25 heavy (non-hydrogen) atoms. The van der Waals surface area contributed by atoms with Crippen molar-refractivity contribution in [3.8, 4) is 11.5 Å². The molecule has 1 amide bonds. The van der Waals surface area contributed by atoms with Crippen molar-refractivity contribution in [3.63, 3.8) is 0 Å². The van der Waals surface area contributed by atoms with E-state index in [1.807, 2.05) is 0 Å². The Hall–Kier alpha value is -2.25. The summed E-state index contributed by atoms with van der Waals surface area (Å²) in [5.41, 5.74) is 1.41. The van der Waals surface area contributed by atoms with Gasteiger partial charge >= 0.3 is 0 Å². The van der Waals surface area contributed by atoms with Crippen LogP contribution in [-0.2, 0) is 0 Å². The maximum atomic E-state index is 12.2. The molecule has 0 atom stereocenters. The largest absolute Gasteiger partial charge is 0.393 e. The van der Waals surface area contributed by atoms with E-state index < -0.39 is 0 Å². The molecule has 3 rings (SSSR count). The van der Waals surface area contributed by atoms with Gasteiger partial charge < -0.3 is 19.8 Å². The number of aryl methyl sites for hydroxylation is 1. The molecule has 1 aliphatic rings. The average Bonchev–Trinajstić information content (AvgIpc) is 3.06. The highest BCUT2D eigenvalue weighted by molar-refractivity contribution is 5.94. The van der Waals surface area contributed by atoms with E-state index >= 15 is 0 Å². The molecule has 134 valence electrons. The zero-order valence-corrected chi connectivity index (χ0v) is 14.4. The van der Waals surface area contributed by atoms with Crippen molar-refractivity contribution >= 4 is 5.91 Å². The van der Waals surface area contributed by atoms with Crippen molar-refractivity contribution in [2.45, 2.75) is 32.3 Å². The summed E-state index contributed by atoms with van der Waals surface area (Å²) in [5, 5.41) is 16.2. The summed E-state index contributed by atoms with van der Waals surface area (Å²) in [4.78, 5) is 18.7. The zero-order valence-electron chi connectivity index (χ0n) is 14.4. The summed E-state index contributed by atoms with van der Waals surface area (Å²) >= 11 is 0. The Bertz CT molecular complexity index is 691. The van der Waals surface area contributed by atoms with Crippen molar-refractivity contribution < 1.29 is 14.4 Å². The van der Waals surface area contributed by atoms with Crippen LogP contribution in [0.15, 0.2) is 28.8 Å². The summed E-state index contributed by atoms with van der Waals surface area (Å²) in [6, 6.07) is 7.13. The van der Waals surface area contributed by atoms with E-state index in [1.54, 1.807) is 31.2 Å². The molecular weight excluding hydrogens is 320 g/mol. The second kappa shape index (κ2) is 8.22. The molecule has 1 saturated heterocycles. The first-order valence-electron chi connectivity index (χ1n) is 8.71. The van der Waals surface area contributed by atoms with Gasteiger partial charge in [-0.2, -0.15) is 4.98 Å². The van der Waals surface area contributed by atoms with Gasteiger partial charge in [-0.1, -0.05) is 5.16 Å². The fourth-order valence-corrected chi connectivity index (χ4v) is 2.93. The third kappa shape index (κ3) is 4.87. The van der Waals surface area contributed by atoms with Crippen LogP contribution in [0.2, 0.25) is 0 Å². The number of nitrogens with one attached hydrogen (secondary N) is 1. The molecular formula is C18H24N4O3. The molecule has 0 unspecified atom stereocenters. The van der Waals surface area contributed by atoms with Crippen LogP contribution in [0.4, 0.5) is 0 Å². The lowest BCUT2D eigenvalue weighted by molar-refractivity contribution is 0.0816. The van der Waals surface area contributed by atoms with E-state index in [0.717, 1.165) is 44.5 Å². The first-order valence-corrected chi connectivity index (χ1v) is 8.71. The molecule has 7 nitrogen and oxygen atoms in total. The van der Waals surface area contributed by atoms with Crippen molar-refractivity contribution in [2.24, 2.45) is 0 Å². The highest BCUT2D eigenvalue weighted by atomic mass is 16.5. The molecule has 2 aromatic rings. The maximum Gasteiger partial charge on any atom is 0.257 e. The molecule has 0 spiro atoms. The Kier molecular flexibility index (Phi) is 5.78. The SMILES string of the molecule is Cc1noc(-c2ccc(C(=O)NCCCN3CCC(O)CC3)cc2)n1. The number of aromatic nitrogens is 2. The Balaban J connectivity index is 1.42. The lowest BCUT2D eigenvalue weighted by Gasteiger charge is -2.29. The van der Waals surface area contributed by atoms with Crippen LogP contribution in [0.1, 0.15) is 35.4 Å². The van der Waals surface area contributed by atoms with Gasteiger partial charge in [0.25, 0.3) is 11.8 Å². The third-order valence-corrected chi connectivity index (χ3v) is 4.42. The van der Waals surface area contributed by atoms with Gasteiger partial charge in [0.15, 0.2) is 5.82 Å². The summed E-state index contributed by atoms with van der Waals surface area (Å²) in [6.07, 6.45) is 2.45.